The van der Waals surface area contributed by atoms with E-state index in [0.29, 0.717) is 0 Å². The summed E-state index contributed by atoms with van der Waals surface area (Å²) in [6.07, 6.45) is 0. The number of nitrogens with zero attached hydrogens (tertiary/aromatic N) is 1. The molecule has 1 aliphatic heterocycles. The van der Waals surface area contributed by atoms with Crippen molar-refractivity contribution >= 4 is 0 Å². The summed E-state index contributed by atoms with van der Waals surface area (Å²) >= 11 is 0. The topological polar surface area (TPSA) is 44.7 Å². The second kappa shape index (κ2) is 5.69. The highest BCUT2D eigenvalue weighted by Crippen LogP contribution is 2.34. The molecule has 1 aromatic carbocycles. The molecule has 1 unspecified atom stereocenters. The lowest BCUT2D eigenvalue weighted by Gasteiger charge is -2.43. The Kier molecular flexibility index (Phi) is 4.22. The molecule has 2 N–H and O–H groups in total. The number of piperazine rings is 1. The lowest BCUT2D eigenvalue weighted by atomic mass is 9.89. The Morgan fingerprint density at radius 2 is 2.00 bits per heavy atom. The standard InChI is InChI=1S/C14H22N2O2/c1-14(11-17,16-9-7-15-8-10-16)12-5-3-4-6-13(12)18-2/h3-6,15,17H,7-11H2,1-2H3. The minimum absolute atomic E-state index is 0.0906. The van der Waals surface area contributed by atoms with E-state index < -0.39 is 0 Å². The number of methoxy groups -OCH3 is 1. The van der Waals surface area contributed by atoms with Gasteiger partial charge in [-0.25, -0.2) is 0 Å². The van der Waals surface area contributed by atoms with E-state index >= 15 is 0 Å². The maximum absolute atomic E-state index is 9.89. The number of ether oxygens (including phenoxy) is 1. The van der Waals surface area contributed by atoms with Gasteiger partial charge in [0.1, 0.15) is 5.75 Å². The Morgan fingerprint density at radius 3 is 2.61 bits per heavy atom. The molecule has 0 spiro atoms. The third-order valence-electron chi connectivity index (χ3n) is 3.81. The lowest BCUT2D eigenvalue weighted by molar-refractivity contribution is 0.0294. The molecule has 1 saturated heterocycles. The largest absolute Gasteiger partial charge is 0.496 e. The molecule has 4 heteroatoms. The quantitative estimate of drug-likeness (QED) is 0.830. The Hall–Kier alpha value is -1.10. The van der Waals surface area contributed by atoms with Gasteiger partial charge in [-0.15, -0.1) is 0 Å². The molecule has 0 radical (unpaired) electrons. The highest BCUT2D eigenvalue weighted by atomic mass is 16.5. The van der Waals surface area contributed by atoms with Crippen LogP contribution < -0.4 is 10.1 Å². The van der Waals surface area contributed by atoms with Crippen molar-refractivity contribution in [1.29, 1.82) is 0 Å². The van der Waals surface area contributed by atoms with Crippen LogP contribution in [0.25, 0.3) is 0 Å². The molecule has 1 fully saturated rings. The highest BCUT2D eigenvalue weighted by Gasteiger charge is 2.35. The lowest BCUT2D eigenvalue weighted by Crippen LogP contribution is -2.54. The summed E-state index contributed by atoms with van der Waals surface area (Å²) in [4.78, 5) is 2.32. The van der Waals surface area contributed by atoms with E-state index in [1.807, 2.05) is 24.3 Å². The molecule has 18 heavy (non-hydrogen) atoms. The molecule has 1 aromatic rings. The van der Waals surface area contributed by atoms with Crippen molar-refractivity contribution in [3.05, 3.63) is 29.8 Å². The minimum Gasteiger partial charge on any atom is -0.496 e. The first-order valence-electron chi connectivity index (χ1n) is 6.42. The Bertz CT molecular complexity index is 391. The van der Waals surface area contributed by atoms with Crippen LogP contribution in [0, 0.1) is 0 Å². The van der Waals surface area contributed by atoms with Crippen LogP contribution in [0.15, 0.2) is 24.3 Å². The van der Waals surface area contributed by atoms with Gasteiger partial charge in [0.25, 0.3) is 0 Å². The van der Waals surface area contributed by atoms with Crippen LogP contribution in [0.1, 0.15) is 12.5 Å². The molecule has 1 heterocycles. The molecule has 0 amide bonds. The summed E-state index contributed by atoms with van der Waals surface area (Å²) in [5.41, 5.74) is 0.672. The van der Waals surface area contributed by atoms with Crippen molar-refractivity contribution in [1.82, 2.24) is 10.2 Å². The maximum Gasteiger partial charge on any atom is 0.124 e. The van der Waals surface area contributed by atoms with E-state index in [4.69, 9.17) is 4.74 Å². The molecular formula is C14H22N2O2. The number of nitrogens with one attached hydrogen (secondary N) is 1. The predicted octanol–water partition coefficient (Wildman–Crippen LogP) is 0.808. The van der Waals surface area contributed by atoms with E-state index in [1.165, 1.54) is 0 Å². The zero-order valence-corrected chi connectivity index (χ0v) is 11.1. The summed E-state index contributed by atoms with van der Waals surface area (Å²) in [5, 5.41) is 13.2. The highest BCUT2D eigenvalue weighted by molar-refractivity contribution is 5.39. The molecule has 0 saturated carbocycles. The summed E-state index contributed by atoms with van der Waals surface area (Å²) < 4.78 is 5.43. The third-order valence-corrected chi connectivity index (χ3v) is 3.81. The van der Waals surface area contributed by atoms with E-state index in [1.54, 1.807) is 7.11 Å². The maximum atomic E-state index is 9.89. The molecule has 1 atom stereocenters. The normalized spacial score (nSPS) is 20.4. The first kappa shape index (κ1) is 13.3. The predicted molar refractivity (Wildman–Crippen MR) is 71.9 cm³/mol. The van der Waals surface area contributed by atoms with Gasteiger partial charge in [0, 0.05) is 31.7 Å². The molecule has 4 nitrogen and oxygen atoms in total. The van der Waals surface area contributed by atoms with Crippen LogP contribution >= 0.6 is 0 Å². The smallest absolute Gasteiger partial charge is 0.124 e. The molecule has 1 aliphatic rings. The fraction of sp³-hybridized carbons (Fsp3) is 0.571. The second-order valence-electron chi connectivity index (χ2n) is 4.87. The van der Waals surface area contributed by atoms with Crippen LogP contribution in [0.2, 0.25) is 0 Å². The van der Waals surface area contributed by atoms with E-state index in [0.717, 1.165) is 37.5 Å². The number of hydrogen-bond acceptors (Lipinski definition) is 4. The average Bonchev–Trinajstić information content (AvgIpc) is 2.47. The van der Waals surface area contributed by atoms with Crippen molar-refractivity contribution in [3.8, 4) is 5.75 Å². The number of hydrogen-bond donors (Lipinski definition) is 2. The molecule has 0 bridgehead atoms. The van der Waals surface area contributed by atoms with Gasteiger partial charge in [0.15, 0.2) is 0 Å². The SMILES string of the molecule is COc1ccccc1C(C)(CO)N1CCNCC1. The van der Waals surface area contributed by atoms with Gasteiger partial charge < -0.3 is 15.2 Å². The van der Waals surface area contributed by atoms with Gasteiger partial charge in [-0.2, -0.15) is 0 Å². The van der Waals surface area contributed by atoms with Crippen LogP contribution in [0.5, 0.6) is 5.75 Å². The summed E-state index contributed by atoms with van der Waals surface area (Å²) in [7, 11) is 1.67. The number of rotatable bonds is 4. The Balaban J connectivity index is 2.35. The third kappa shape index (κ3) is 2.36. The van der Waals surface area contributed by atoms with E-state index in [-0.39, 0.29) is 12.1 Å². The molecule has 100 valence electrons. The Labute approximate surface area is 109 Å². The van der Waals surface area contributed by atoms with Gasteiger partial charge in [-0.05, 0) is 13.0 Å². The zero-order valence-electron chi connectivity index (χ0n) is 11.1. The van der Waals surface area contributed by atoms with Crippen LogP contribution in [0.4, 0.5) is 0 Å². The molecule has 0 aliphatic carbocycles. The fourth-order valence-electron chi connectivity index (χ4n) is 2.60. The summed E-state index contributed by atoms with van der Waals surface area (Å²) in [5.74, 6) is 0.840. The molecule has 0 aromatic heterocycles. The van der Waals surface area contributed by atoms with Gasteiger partial charge in [0.2, 0.25) is 0 Å². The first-order valence-corrected chi connectivity index (χ1v) is 6.42. The van der Waals surface area contributed by atoms with Crippen molar-refractivity contribution in [3.63, 3.8) is 0 Å². The summed E-state index contributed by atoms with van der Waals surface area (Å²) in [6.45, 7) is 5.98. The molecule has 2 rings (SSSR count). The van der Waals surface area contributed by atoms with Crippen molar-refractivity contribution < 1.29 is 9.84 Å². The molecular weight excluding hydrogens is 228 g/mol. The minimum atomic E-state index is -0.380. The van der Waals surface area contributed by atoms with Crippen molar-refractivity contribution in [2.75, 3.05) is 39.9 Å². The number of aliphatic hydroxyl groups is 1. The average molecular weight is 250 g/mol. The van der Waals surface area contributed by atoms with Crippen molar-refractivity contribution in [2.24, 2.45) is 0 Å². The van der Waals surface area contributed by atoms with Crippen molar-refractivity contribution in [2.45, 2.75) is 12.5 Å². The van der Waals surface area contributed by atoms with Crippen LogP contribution in [-0.2, 0) is 5.54 Å². The monoisotopic (exact) mass is 250 g/mol. The number of para-hydroxylation sites is 1. The Morgan fingerprint density at radius 1 is 1.33 bits per heavy atom. The van der Waals surface area contributed by atoms with Gasteiger partial charge in [-0.1, -0.05) is 18.2 Å². The second-order valence-corrected chi connectivity index (χ2v) is 4.87. The summed E-state index contributed by atoms with van der Waals surface area (Å²) in [6, 6.07) is 7.94. The van der Waals surface area contributed by atoms with Gasteiger partial charge in [-0.3, -0.25) is 4.90 Å². The van der Waals surface area contributed by atoms with Crippen LogP contribution in [0.3, 0.4) is 0 Å². The van der Waals surface area contributed by atoms with Gasteiger partial charge >= 0.3 is 0 Å². The first-order chi connectivity index (χ1) is 8.72. The fourth-order valence-corrected chi connectivity index (χ4v) is 2.60. The van der Waals surface area contributed by atoms with E-state index in [9.17, 15) is 5.11 Å². The van der Waals surface area contributed by atoms with Gasteiger partial charge in [0.05, 0.1) is 19.3 Å². The zero-order chi connectivity index (χ0) is 13.0. The van der Waals surface area contributed by atoms with E-state index in [2.05, 4.69) is 17.1 Å². The number of aliphatic hydroxyl groups excluding tert-OH is 1. The number of benzene rings is 1. The van der Waals surface area contributed by atoms with Crippen LogP contribution in [-0.4, -0.2) is 49.9 Å².